The lowest BCUT2D eigenvalue weighted by molar-refractivity contribution is -0.123. The van der Waals surface area contributed by atoms with E-state index in [2.05, 4.69) is 33.8 Å². The number of carbonyl (C=O) groups excluding carboxylic acids is 1. The lowest BCUT2D eigenvalue weighted by Gasteiger charge is -2.39. The Morgan fingerprint density at radius 2 is 1.79 bits per heavy atom. The van der Waals surface area contributed by atoms with Crippen molar-refractivity contribution < 1.29 is 23.8 Å². The molecule has 0 aromatic carbocycles. The molecule has 1 aromatic rings. The highest BCUT2D eigenvalue weighted by Crippen LogP contribution is 2.44. The van der Waals surface area contributed by atoms with Crippen LogP contribution < -0.4 is 4.90 Å². The Morgan fingerprint density at radius 3 is 2.27 bits per heavy atom. The highest BCUT2D eigenvalue weighted by atomic mass is 32.1. The Kier molecular flexibility index (Phi) is 7.97. The van der Waals surface area contributed by atoms with Crippen LogP contribution in [0, 0.1) is 5.92 Å². The van der Waals surface area contributed by atoms with Crippen molar-refractivity contribution in [2.24, 2.45) is 5.92 Å². The predicted octanol–water partition coefficient (Wildman–Crippen LogP) is 6.69. The van der Waals surface area contributed by atoms with Crippen molar-refractivity contribution in [2.75, 3.05) is 18.2 Å². The molecule has 2 aliphatic carbocycles. The molecule has 1 heterocycles. The third-order valence-electron chi connectivity index (χ3n) is 6.54. The molecule has 6 nitrogen and oxygen atoms in total. The summed E-state index contributed by atoms with van der Waals surface area (Å²) in [6, 6.07) is 1.84. The van der Waals surface area contributed by atoms with Gasteiger partial charge in [0.25, 0.3) is 0 Å². The fourth-order valence-corrected chi connectivity index (χ4v) is 6.71. The van der Waals surface area contributed by atoms with E-state index in [0.29, 0.717) is 37.8 Å². The highest BCUT2D eigenvalue weighted by Gasteiger charge is 2.38. The van der Waals surface area contributed by atoms with E-state index in [9.17, 15) is 19.3 Å². The molecule has 0 aliphatic heterocycles. The molecule has 1 fully saturated rings. The number of carboxylic acid groups (broad SMARTS) is 1. The van der Waals surface area contributed by atoms with Crippen molar-refractivity contribution in [3.63, 3.8) is 0 Å². The van der Waals surface area contributed by atoms with Crippen molar-refractivity contribution in [3.05, 3.63) is 27.5 Å². The summed E-state index contributed by atoms with van der Waals surface area (Å²) >= 11 is 1.27. The second-order valence-corrected chi connectivity index (χ2v) is 14.7. The third-order valence-corrected chi connectivity index (χ3v) is 8.89. The van der Waals surface area contributed by atoms with E-state index in [0.717, 1.165) is 17.7 Å². The molecule has 1 saturated carbocycles. The number of hydrogen-bond acceptors (Lipinski definition) is 5. The molecule has 1 atom stereocenters. The summed E-state index contributed by atoms with van der Waals surface area (Å²) in [5.74, 6) is -1.09. The SMILES string of the molecule is CC1=CCC(C(=O)N(c2cc(C(C)(C)C)sc2C(=O)O)[C@H]2CC[C@H](OP(C)(C)=O)CC2)CC1. The number of rotatable bonds is 6. The second-order valence-electron chi connectivity index (χ2n) is 10.9. The molecular formula is C25H38NO5PS. The molecule has 2 aliphatic rings. The van der Waals surface area contributed by atoms with Gasteiger partial charge < -0.3 is 14.5 Å². The van der Waals surface area contributed by atoms with Crippen LogP contribution in [-0.2, 0) is 19.3 Å². The first-order valence-electron chi connectivity index (χ1n) is 11.9. The molecule has 1 amide bonds. The monoisotopic (exact) mass is 495 g/mol. The maximum atomic E-state index is 13.9. The van der Waals surface area contributed by atoms with Crippen molar-refractivity contribution in [3.8, 4) is 0 Å². The average Bonchev–Trinajstić information content (AvgIpc) is 3.14. The van der Waals surface area contributed by atoms with Crippen LogP contribution in [0.3, 0.4) is 0 Å². The minimum Gasteiger partial charge on any atom is -0.477 e. The number of aromatic carboxylic acids is 1. The lowest BCUT2D eigenvalue weighted by atomic mass is 9.86. The van der Waals surface area contributed by atoms with Gasteiger partial charge in [-0.15, -0.1) is 11.3 Å². The van der Waals surface area contributed by atoms with Crippen molar-refractivity contribution >= 4 is 36.3 Å². The molecule has 3 rings (SSSR count). The first kappa shape index (κ1) is 26.2. The lowest BCUT2D eigenvalue weighted by Crippen LogP contribution is -2.46. The van der Waals surface area contributed by atoms with Gasteiger partial charge in [-0.05, 0) is 63.4 Å². The second kappa shape index (κ2) is 10.1. The number of anilines is 1. The van der Waals surface area contributed by atoms with Crippen LogP contribution in [0.4, 0.5) is 5.69 Å². The first-order valence-corrected chi connectivity index (χ1v) is 15.2. The summed E-state index contributed by atoms with van der Waals surface area (Å²) in [5.41, 5.74) is 1.64. The Morgan fingerprint density at radius 1 is 1.15 bits per heavy atom. The summed E-state index contributed by atoms with van der Waals surface area (Å²) in [6.07, 6.45) is 7.29. The van der Waals surface area contributed by atoms with Crippen LogP contribution in [0.5, 0.6) is 0 Å². The average molecular weight is 496 g/mol. The van der Waals surface area contributed by atoms with Gasteiger partial charge in [0.15, 0.2) is 7.37 Å². The zero-order valence-corrected chi connectivity index (χ0v) is 22.4. The molecule has 8 heteroatoms. The molecule has 0 saturated heterocycles. The quantitative estimate of drug-likeness (QED) is 0.351. The summed E-state index contributed by atoms with van der Waals surface area (Å²) in [4.78, 5) is 29.1. The third kappa shape index (κ3) is 6.58. The summed E-state index contributed by atoms with van der Waals surface area (Å²) < 4.78 is 17.9. The van der Waals surface area contributed by atoms with Gasteiger partial charge in [0.1, 0.15) is 4.88 Å². The number of thiophene rings is 1. The van der Waals surface area contributed by atoms with E-state index < -0.39 is 13.3 Å². The van der Waals surface area contributed by atoms with Gasteiger partial charge in [0.2, 0.25) is 5.91 Å². The van der Waals surface area contributed by atoms with Crippen molar-refractivity contribution in [2.45, 2.75) is 90.2 Å². The van der Waals surface area contributed by atoms with Gasteiger partial charge in [0.05, 0.1) is 11.8 Å². The number of carboxylic acids is 1. The van der Waals surface area contributed by atoms with E-state index in [-0.39, 0.29) is 34.3 Å². The van der Waals surface area contributed by atoms with E-state index >= 15 is 0 Å². The molecule has 184 valence electrons. The molecular weight excluding hydrogens is 457 g/mol. The Labute approximate surface area is 201 Å². The fourth-order valence-electron chi connectivity index (χ4n) is 4.73. The number of nitrogens with zero attached hydrogens (tertiary/aromatic N) is 1. The molecule has 1 aromatic heterocycles. The van der Waals surface area contributed by atoms with E-state index in [1.54, 1.807) is 13.3 Å². The maximum Gasteiger partial charge on any atom is 0.348 e. The summed E-state index contributed by atoms with van der Waals surface area (Å²) in [6.45, 7) is 11.5. The standard InChI is InChI=1S/C25H38NO5PS/c1-16-7-9-17(10-8-16)23(27)26(18-11-13-19(14-12-18)31-32(5,6)30)20-15-21(25(2,3)4)33-22(20)24(28)29/h7,15,17-19H,8-14H2,1-6H3,(H,28,29)/t17?,18-,19-. The molecule has 0 radical (unpaired) electrons. The Hall–Kier alpha value is -1.43. The Balaban J connectivity index is 1.95. The highest BCUT2D eigenvalue weighted by molar-refractivity contribution is 7.57. The smallest absolute Gasteiger partial charge is 0.348 e. The predicted molar refractivity (Wildman–Crippen MR) is 135 cm³/mol. The van der Waals surface area contributed by atoms with E-state index in [1.165, 1.54) is 16.9 Å². The minimum absolute atomic E-state index is 0.0283. The molecule has 33 heavy (non-hydrogen) atoms. The number of hydrogen-bond donors (Lipinski definition) is 1. The minimum atomic E-state index is -2.58. The number of carbonyl (C=O) groups is 2. The molecule has 1 unspecified atom stereocenters. The first-order chi connectivity index (χ1) is 15.3. The summed E-state index contributed by atoms with van der Waals surface area (Å²) in [5, 5.41) is 10.0. The van der Waals surface area contributed by atoms with Crippen LogP contribution in [0.2, 0.25) is 0 Å². The molecule has 0 spiro atoms. The van der Waals surface area contributed by atoms with E-state index in [4.69, 9.17) is 4.52 Å². The summed E-state index contributed by atoms with van der Waals surface area (Å²) in [7, 11) is -2.58. The van der Waals surface area contributed by atoms with Crippen molar-refractivity contribution in [1.82, 2.24) is 0 Å². The van der Waals surface area contributed by atoms with Gasteiger partial charge in [-0.25, -0.2) is 4.79 Å². The van der Waals surface area contributed by atoms with Crippen LogP contribution in [-0.4, -0.2) is 42.5 Å². The molecule has 0 bridgehead atoms. The zero-order valence-electron chi connectivity index (χ0n) is 20.7. The van der Waals surface area contributed by atoms with Crippen LogP contribution in [0.25, 0.3) is 0 Å². The largest absolute Gasteiger partial charge is 0.477 e. The van der Waals surface area contributed by atoms with Gasteiger partial charge in [-0.3, -0.25) is 9.36 Å². The number of allylic oxidation sites excluding steroid dienone is 2. The van der Waals surface area contributed by atoms with Gasteiger partial charge in [-0.2, -0.15) is 0 Å². The van der Waals surface area contributed by atoms with Gasteiger partial charge in [-0.1, -0.05) is 32.4 Å². The van der Waals surface area contributed by atoms with Gasteiger partial charge in [0, 0.05) is 30.2 Å². The zero-order chi connectivity index (χ0) is 24.6. The normalized spacial score (nSPS) is 24.3. The van der Waals surface area contributed by atoms with E-state index in [1.807, 2.05) is 11.0 Å². The maximum absolute atomic E-state index is 13.9. The molecule has 1 N–H and O–H groups in total. The van der Waals surface area contributed by atoms with Crippen LogP contribution in [0.15, 0.2) is 17.7 Å². The van der Waals surface area contributed by atoms with Gasteiger partial charge >= 0.3 is 5.97 Å². The Bertz CT molecular complexity index is 962. The van der Waals surface area contributed by atoms with Crippen LogP contribution in [0.1, 0.15) is 87.2 Å². The van der Waals surface area contributed by atoms with Crippen molar-refractivity contribution in [1.29, 1.82) is 0 Å². The number of amides is 1. The van der Waals surface area contributed by atoms with Crippen LogP contribution >= 0.6 is 18.7 Å². The topological polar surface area (TPSA) is 83.9 Å². The fraction of sp³-hybridized carbons (Fsp3) is 0.680.